The Labute approximate surface area is 106 Å². The van der Waals surface area contributed by atoms with E-state index in [0.717, 1.165) is 28.3 Å². The van der Waals surface area contributed by atoms with Crippen LogP contribution in [0.15, 0.2) is 22.9 Å². The molecular weight excluding hydrogens is 324 g/mol. The number of unbranched alkanes of at least 4 members (excludes halogenated alkanes) is 1. The summed E-state index contributed by atoms with van der Waals surface area (Å²) >= 11 is 6.65. The van der Waals surface area contributed by atoms with Gasteiger partial charge in [-0.1, -0.05) is 15.9 Å². The summed E-state index contributed by atoms with van der Waals surface area (Å²) in [6.45, 7) is 0. The van der Waals surface area contributed by atoms with Crippen molar-refractivity contribution < 1.29 is 4.79 Å². The molecule has 1 aromatic rings. The van der Waals surface area contributed by atoms with Crippen LogP contribution in [-0.2, 0) is 4.79 Å². The van der Waals surface area contributed by atoms with E-state index in [-0.39, 0.29) is 5.91 Å². The van der Waals surface area contributed by atoms with E-state index in [9.17, 15) is 4.79 Å². The SMILES string of the molecule is O=C(CCCCBr)Nc1ccncc1Br. The predicted molar refractivity (Wildman–Crippen MR) is 68.2 cm³/mol. The Balaban J connectivity index is 2.41. The molecule has 0 aliphatic rings. The minimum Gasteiger partial charge on any atom is -0.325 e. The van der Waals surface area contributed by atoms with Gasteiger partial charge in [0.1, 0.15) is 0 Å². The van der Waals surface area contributed by atoms with Gasteiger partial charge in [0.2, 0.25) is 5.91 Å². The van der Waals surface area contributed by atoms with Gasteiger partial charge in [0.05, 0.1) is 10.2 Å². The molecule has 0 bridgehead atoms. The fourth-order valence-corrected chi connectivity index (χ4v) is 1.82. The van der Waals surface area contributed by atoms with Crippen LogP contribution in [0.5, 0.6) is 0 Å². The minimum absolute atomic E-state index is 0.0443. The number of carbonyl (C=O) groups excluding carboxylic acids is 1. The Morgan fingerprint density at radius 2 is 2.27 bits per heavy atom. The van der Waals surface area contributed by atoms with Crippen LogP contribution in [0, 0.1) is 0 Å². The Morgan fingerprint density at radius 1 is 1.47 bits per heavy atom. The molecule has 1 rings (SSSR count). The highest BCUT2D eigenvalue weighted by molar-refractivity contribution is 9.10. The second kappa shape index (κ2) is 6.95. The molecule has 0 aliphatic carbocycles. The van der Waals surface area contributed by atoms with Crippen molar-refractivity contribution in [2.45, 2.75) is 19.3 Å². The summed E-state index contributed by atoms with van der Waals surface area (Å²) < 4.78 is 0.804. The summed E-state index contributed by atoms with van der Waals surface area (Å²) in [6.07, 6.45) is 5.79. The van der Waals surface area contributed by atoms with Crippen molar-refractivity contribution in [2.75, 3.05) is 10.6 Å². The number of alkyl halides is 1. The number of halogens is 2. The molecule has 3 nitrogen and oxygen atoms in total. The number of pyridine rings is 1. The highest BCUT2D eigenvalue weighted by Gasteiger charge is 2.04. The lowest BCUT2D eigenvalue weighted by Gasteiger charge is -2.05. The van der Waals surface area contributed by atoms with Crippen molar-refractivity contribution in [3.05, 3.63) is 22.9 Å². The van der Waals surface area contributed by atoms with Crippen LogP contribution >= 0.6 is 31.9 Å². The maximum atomic E-state index is 11.5. The van der Waals surface area contributed by atoms with Gasteiger partial charge < -0.3 is 5.32 Å². The van der Waals surface area contributed by atoms with Crippen LogP contribution in [0.2, 0.25) is 0 Å². The zero-order valence-electron chi connectivity index (χ0n) is 8.17. The number of amides is 1. The number of hydrogen-bond donors (Lipinski definition) is 1. The molecule has 0 aliphatic heterocycles. The zero-order chi connectivity index (χ0) is 11.1. The fraction of sp³-hybridized carbons (Fsp3) is 0.400. The quantitative estimate of drug-likeness (QED) is 0.662. The molecule has 0 saturated carbocycles. The molecule has 0 unspecified atom stereocenters. The van der Waals surface area contributed by atoms with Gasteiger partial charge in [0, 0.05) is 24.1 Å². The topological polar surface area (TPSA) is 42.0 Å². The summed E-state index contributed by atoms with van der Waals surface area (Å²) in [5.41, 5.74) is 0.772. The maximum Gasteiger partial charge on any atom is 0.224 e. The number of nitrogens with zero attached hydrogens (tertiary/aromatic N) is 1. The van der Waals surface area contributed by atoms with E-state index in [4.69, 9.17) is 0 Å². The monoisotopic (exact) mass is 334 g/mol. The second-order valence-corrected chi connectivity index (χ2v) is 4.70. The number of nitrogens with one attached hydrogen (secondary N) is 1. The molecule has 0 saturated heterocycles. The van der Waals surface area contributed by atoms with Crippen LogP contribution in [0.1, 0.15) is 19.3 Å². The molecule has 0 fully saturated rings. The maximum absolute atomic E-state index is 11.5. The number of anilines is 1. The largest absolute Gasteiger partial charge is 0.325 e. The molecule has 0 aromatic carbocycles. The summed E-state index contributed by atoms with van der Waals surface area (Å²) in [6, 6.07) is 1.77. The van der Waals surface area contributed by atoms with Gasteiger partial charge in [-0.25, -0.2) is 0 Å². The van der Waals surface area contributed by atoms with Crippen LogP contribution in [0.4, 0.5) is 5.69 Å². The molecule has 5 heteroatoms. The lowest BCUT2D eigenvalue weighted by Crippen LogP contribution is -2.11. The van der Waals surface area contributed by atoms with Crippen molar-refractivity contribution >= 4 is 43.5 Å². The normalized spacial score (nSPS) is 10.0. The molecule has 0 radical (unpaired) electrons. The highest BCUT2D eigenvalue weighted by atomic mass is 79.9. The van der Waals surface area contributed by atoms with Crippen molar-refractivity contribution in [3.8, 4) is 0 Å². The number of hydrogen-bond acceptors (Lipinski definition) is 2. The third-order valence-electron chi connectivity index (χ3n) is 1.83. The van der Waals surface area contributed by atoms with Gasteiger partial charge in [0.25, 0.3) is 0 Å². The van der Waals surface area contributed by atoms with Gasteiger partial charge in [-0.2, -0.15) is 0 Å². The van der Waals surface area contributed by atoms with Crippen molar-refractivity contribution in [1.82, 2.24) is 4.98 Å². The Bertz CT molecular complexity index is 331. The van der Waals surface area contributed by atoms with E-state index >= 15 is 0 Å². The third-order valence-corrected chi connectivity index (χ3v) is 3.03. The van der Waals surface area contributed by atoms with Gasteiger partial charge in [-0.3, -0.25) is 9.78 Å². The molecule has 1 N–H and O–H groups in total. The minimum atomic E-state index is 0.0443. The summed E-state index contributed by atoms with van der Waals surface area (Å²) in [5, 5.41) is 3.77. The highest BCUT2D eigenvalue weighted by Crippen LogP contribution is 2.20. The van der Waals surface area contributed by atoms with Gasteiger partial charge in [-0.05, 0) is 34.8 Å². The van der Waals surface area contributed by atoms with E-state index in [2.05, 4.69) is 42.2 Å². The van der Waals surface area contributed by atoms with E-state index in [0.29, 0.717) is 6.42 Å². The van der Waals surface area contributed by atoms with Crippen LogP contribution < -0.4 is 5.32 Å². The molecule has 1 amide bonds. The zero-order valence-corrected chi connectivity index (χ0v) is 11.3. The van der Waals surface area contributed by atoms with Crippen LogP contribution in [0.25, 0.3) is 0 Å². The molecule has 0 atom stereocenters. The second-order valence-electron chi connectivity index (χ2n) is 3.05. The summed E-state index contributed by atoms with van der Waals surface area (Å²) in [4.78, 5) is 15.4. The van der Waals surface area contributed by atoms with E-state index < -0.39 is 0 Å². The van der Waals surface area contributed by atoms with Gasteiger partial charge in [-0.15, -0.1) is 0 Å². The number of rotatable bonds is 5. The van der Waals surface area contributed by atoms with Crippen molar-refractivity contribution in [2.24, 2.45) is 0 Å². The molecule has 1 heterocycles. The first kappa shape index (κ1) is 12.6. The van der Waals surface area contributed by atoms with Crippen molar-refractivity contribution in [1.29, 1.82) is 0 Å². The molecule has 82 valence electrons. The van der Waals surface area contributed by atoms with E-state index in [1.807, 2.05) is 0 Å². The smallest absolute Gasteiger partial charge is 0.224 e. The third kappa shape index (κ3) is 4.75. The Hall–Kier alpha value is -0.420. The fourth-order valence-electron chi connectivity index (χ4n) is 1.07. The molecular formula is C10H12Br2N2O. The molecule has 15 heavy (non-hydrogen) atoms. The number of aromatic nitrogens is 1. The Kier molecular flexibility index (Phi) is 5.86. The summed E-state index contributed by atoms with van der Waals surface area (Å²) in [5.74, 6) is 0.0443. The number of carbonyl (C=O) groups is 1. The first-order chi connectivity index (χ1) is 7.24. The average molecular weight is 336 g/mol. The lowest BCUT2D eigenvalue weighted by molar-refractivity contribution is -0.116. The van der Waals surface area contributed by atoms with Gasteiger partial charge in [0.15, 0.2) is 0 Å². The van der Waals surface area contributed by atoms with E-state index in [1.54, 1.807) is 18.5 Å². The van der Waals surface area contributed by atoms with E-state index in [1.165, 1.54) is 0 Å². The van der Waals surface area contributed by atoms with Crippen LogP contribution in [0.3, 0.4) is 0 Å². The standard InChI is InChI=1S/C10H12Br2N2O/c11-5-2-1-3-10(15)14-9-4-6-13-7-8(9)12/h4,6-7H,1-3,5H2,(H,13,14,15). The van der Waals surface area contributed by atoms with Gasteiger partial charge >= 0.3 is 0 Å². The average Bonchev–Trinajstić information content (AvgIpc) is 2.22. The lowest BCUT2D eigenvalue weighted by atomic mass is 10.2. The predicted octanol–water partition coefficient (Wildman–Crippen LogP) is 3.35. The van der Waals surface area contributed by atoms with Crippen molar-refractivity contribution in [3.63, 3.8) is 0 Å². The Morgan fingerprint density at radius 3 is 2.93 bits per heavy atom. The first-order valence-corrected chi connectivity index (χ1v) is 6.61. The molecule has 0 spiro atoms. The summed E-state index contributed by atoms with van der Waals surface area (Å²) in [7, 11) is 0. The first-order valence-electron chi connectivity index (χ1n) is 4.69. The molecule has 1 aromatic heterocycles. The van der Waals surface area contributed by atoms with Crippen LogP contribution in [-0.4, -0.2) is 16.2 Å².